The average Bonchev–Trinajstić information content (AvgIpc) is 2.74. The Balaban J connectivity index is 1.99. The van der Waals surface area contributed by atoms with Gasteiger partial charge < -0.3 is 0 Å². The molecule has 0 fully saturated rings. The molecular weight excluding hydrogens is 323 g/mol. The number of Topliss-reactive ketones (excluding diaryl/α,β-unsaturated/α-hetero) is 1. The Morgan fingerprint density at radius 2 is 2.06 bits per heavy atom. The number of rotatable bonds is 4. The fourth-order valence-electron chi connectivity index (χ4n) is 1.24. The molecule has 1 aromatic carbocycles. The summed E-state index contributed by atoms with van der Waals surface area (Å²) in [5, 5.41) is 0. The van der Waals surface area contributed by atoms with Crippen molar-refractivity contribution in [3.05, 3.63) is 50.9 Å². The molecule has 88 valence electrons. The topological polar surface area (TPSA) is 17.1 Å². The highest BCUT2D eigenvalue weighted by Crippen LogP contribution is 2.26. The Morgan fingerprint density at radius 3 is 2.71 bits per heavy atom. The van der Waals surface area contributed by atoms with Gasteiger partial charge in [-0.15, -0.1) is 23.1 Å². The number of hydrogen-bond donors (Lipinski definition) is 0. The van der Waals surface area contributed by atoms with Gasteiger partial charge in [-0.1, -0.05) is 12.1 Å². The standard InChI is InChI=1S/C12H8BrFOS2/c13-12-6-5-11(17-12)9(15)7-16-10-4-2-1-3-8(10)14/h1-6H,7H2. The third kappa shape index (κ3) is 3.40. The maximum absolute atomic E-state index is 13.3. The first kappa shape index (κ1) is 12.8. The second kappa shape index (κ2) is 5.80. The fourth-order valence-corrected chi connectivity index (χ4v) is 3.48. The third-order valence-corrected chi connectivity index (χ3v) is 4.76. The first-order valence-corrected chi connectivity index (χ1v) is 7.42. The number of thioether (sulfide) groups is 1. The van der Waals surface area contributed by atoms with Crippen molar-refractivity contribution in [2.24, 2.45) is 0 Å². The van der Waals surface area contributed by atoms with Crippen LogP contribution in [0, 0.1) is 5.82 Å². The number of hydrogen-bond acceptors (Lipinski definition) is 3. The van der Waals surface area contributed by atoms with Crippen LogP contribution in [0.1, 0.15) is 9.67 Å². The average molecular weight is 331 g/mol. The highest BCUT2D eigenvalue weighted by Gasteiger charge is 2.10. The van der Waals surface area contributed by atoms with Crippen LogP contribution in [0.4, 0.5) is 4.39 Å². The molecule has 1 nitrogen and oxygen atoms in total. The molecule has 0 aliphatic carbocycles. The zero-order valence-electron chi connectivity index (χ0n) is 8.65. The molecule has 5 heteroatoms. The van der Waals surface area contributed by atoms with Crippen LogP contribution in [0.15, 0.2) is 45.1 Å². The van der Waals surface area contributed by atoms with Gasteiger partial charge in [-0.2, -0.15) is 0 Å². The van der Waals surface area contributed by atoms with E-state index in [1.807, 2.05) is 6.07 Å². The molecule has 17 heavy (non-hydrogen) atoms. The molecule has 0 N–H and O–H groups in total. The normalized spacial score (nSPS) is 10.5. The van der Waals surface area contributed by atoms with E-state index in [0.717, 1.165) is 3.79 Å². The fraction of sp³-hybridized carbons (Fsp3) is 0.0833. The summed E-state index contributed by atoms with van der Waals surface area (Å²) < 4.78 is 14.2. The number of halogens is 2. The van der Waals surface area contributed by atoms with Crippen molar-refractivity contribution in [1.29, 1.82) is 0 Å². The second-order valence-corrected chi connectivity index (χ2v) is 6.73. The van der Waals surface area contributed by atoms with Crippen molar-refractivity contribution in [3.8, 4) is 0 Å². The van der Waals surface area contributed by atoms with Gasteiger partial charge in [0.1, 0.15) is 5.82 Å². The van der Waals surface area contributed by atoms with Crippen LogP contribution in [0.25, 0.3) is 0 Å². The van der Waals surface area contributed by atoms with Crippen molar-refractivity contribution in [3.63, 3.8) is 0 Å². The van der Waals surface area contributed by atoms with E-state index in [1.165, 1.54) is 29.2 Å². The molecule has 2 rings (SSSR count). The number of carbonyl (C=O) groups excluding carboxylic acids is 1. The maximum atomic E-state index is 13.3. The smallest absolute Gasteiger partial charge is 0.183 e. The first-order valence-electron chi connectivity index (χ1n) is 4.82. The SMILES string of the molecule is O=C(CSc1ccccc1F)c1ccc(Br)s1. The number of thiophene rings is 1. The molecule has 0 unspecified atom stereocenters. The summed E-state index contributed by atoms with van der Waals surface area (Å²) in [4.78, 5) is 13.0. The van der Waals surface area contributed by atoms with Crippen LogP contribution < -0.4 is 0 Å². The number of carbonyl (C=O) groups is 1. The van der Waals surface area contributed by atoms with E-state index in [2.05, 4.69) is 15.9 Å². The van der Waals surface area contributed by atoms with Crippen LogP contribution in [0.2, 0.25) is 0 Å². The lowest BCUT2D eigenvalue weighted by Crippen LogP contribution is -1.99. The summed E-state index contributed by atoms with van der Waals surface area (Å²) in [7, 11) is 0. The van der Waals surface area contributed by atoms with Crippen LogP contribution in [0.3, 0.4) is 0 Å². The van der Waals surface area contributed by atoms with E-state index < -0.39 is 0 Å². The highest BCUT2D eigenvalue weighted by molar-refractivity contribution is 9.11. The van der Waals surface area contributed by atoms with Crippen molar-refractivity contribution < 1.29 is 9.18 Å². The van der Waals surface area contributed by atoms with Gasteiger partial charge in [0.25, 0.3) is 0 Å². The van der Waals surface area contributed by atoms with E-state index in [-0.39, 0.29) is 17.4 Å². The molecule has 0 saturated heterocycles. The lowest BCUT2D eigenvalue weighted by molar-refractivity contribution is 0.102. The minimum absolute atomic E-state index is 0.0222. The monoisotopic (exact) mass is 330 g/mol. The molecule has 0 radical (unpaired) electrons. The Bertz CT molecular complexity index is 539. The summed E-state index contributed by atoms with van der Waals surface area (Å²) in [6, 6.07) is 10.1. The molecule has 0 bridgehead atoms. The van der Waals surface area contributed by atoms with Crippen molar-refractivity contribution in [2.75, 3.05) is 5.75 Å². The lowest BCUT2D eigenvalue weighted by Gasteiger charge is -2.01. The van der Waals surface area contributed by atoms with Gasteiger partial charge in [0.05, 0.1) is 14.4 Å². The van der Waals surface area contributed by atoms with E-state index in [9.17, 15) is 9.18 Å². The van der Waals surface area contributed by atoms with Crippen molar-refractivity contribution >= 4 is 44.8 Å². The molecule has 0 atom stereocenters. The summed E-state index contributed by atoms with van der Waals surface area (Å²) >= 11 is 5.93. The molecule has 0 aliphatic rings. The van der Waals surface area contributed by atoms with Gasteiger partial charge in [0.15, 0.2) is 5.78 Å². The van der Waals surface area contributed by atoms with Crippen molar-refractivity contribution in [1.82, 2.24) is 0 Å². The molecule has 0 spiro atoms. The zero-order chi connectivity index (χ0) is 12.3. The maximum Gasteiger partial charge on any atom is 0.183 e. The Kier molecular flexibility index (Phi) is 4.36. The largest absolute Gasteiger partial charge is 0.292 e. The van der Waals surface area contributed by atoms with Crippen LogP contribution in [-0.2, 0) is 0 Å². The van der Waals surface area contributed by atoms with Gasteiger partial charge in [0, 0.05) is 4.90 Å². The predicted octanol–water partition coefficient (Wildman–Crippen LogP) is 4.62. The lowest BCUT2D eigenvalue weighted by atomic mass is 10.3. The van der Waals surface area contributed by atoms with Crippen LogP contribution in [0.5, 0.6) is 0 Å². The summed E-state index contributed by atoms with van der Waals surface area (Å²) in [6.07, 6.45) is 0. The van der Waals surface area contributed by atoms with Crippen molar-refractivity contribution in [2.45, 2.75) is 4.90 Å². The molecular formula is C12H8BrFOS2. The summed E-state index contributed by atoms with van der Waals surface area (Å²) in [5.41, 5.74) is 0. The number of benzene rings is 1. The minimum atomic E-state index is -0.280. The van der Waals surface area contributed by atoms with Crippen LogP contribution >= 0.6 is 39.0 Å². The molecule has 0 amide bonds. The van der Waals surface area contributed by atoms with E-state index in [4.69, 9.17) is 0 Å². The second-order valence-electron chi connectivity index (χ2n) is 3.25. The van der Waals surface area contributed by atoms with E-state index in [0.29, 0.717) is 9.77 Å². The molecule has 2 aromatic rings. The molecule has 0 saturated carbocycles. The van der Waals surface area contributed by atoms with Gasteiger partial charge in [0.2, 0.25) is 0 Å². The van der Waals surface area contributed by atoms with E-state index in [1.54, 1.807) is 24.3 Å². The molecule has 1 aromatic heterocycles. The zero-order valence-corrected chi connectivity index (χ0v) is 11.9. The minimum Gasteiger partial charge on any atom is -0.292 e. The number of ketones is 1. The predicted molar refractivity (Wildman–Crippen MR) is 73.5 cm³/mol. The highest BCUT2D eigenvalue weighted by atomic mass is 79.9. The van der Waals surface area contributed by atoms with Gasteiger partial charge >= 0.3 is 0 Å². The van der Waals surface area contributed by atoms with Gasteiger partial charge in [-0.25, -0.2) is 4.39 Å². The summed E-state index contributed by atoms with van der Waals surface area (Å²) in [6.45, 7) is 0. The van der Waals surface area contributed by atoms with Gasteiger partial charge in [-0.3, -0.25) is 4.79 Å². The Labute approximate surface area is 115 Å². The van der Waals surface area contributed by atoms with E-state index >= 15 is 0 Å². The quantitative estimate of drug-likeness (QED) is 0.600. The van der Waals surface area contributed by atoms with Crippen LogP contribution in [-0.4, -0.2) is 11.5 Å². The third-order valence-electron chi connectivity index (χ3n) is 2.04. The first-order chi connectivity index (χ1) is 8.16. The Morgan fingerprint density at radius 1 is 1.29 bits per heavy atom. The summed E-state index contributed by atoms with van der Waals surface area (Å²) in [5.74, 6) is 0.0000585. The molecule has 1 heterocycles. The Hall–Kier alpha value is -0.650. The molecule has 0 aliphatic heterocycles. The van der Waals surface area contributed by atoms with Gasteiger partial charge in [-0.05, 0) is 40.2 Å².